The molecule has 37 heavy (non-hydrogen) atoms. The molecule has 1 atom stereocenters. The van der Waals surface area contributed by atoms with E-state index in [2.05, 4.69) is 15.3 Å². The largest absolute Gasteiger partial charge is 0.467 e. The minimum absolute atomic E-state index is 0.00229. The first-order chi connectivity index (χ1) is 18.0. The third-order valence-corrected chi connectivity index (χ3v) is 6.09. The SMILES string of the molecule is Cc1ccc(C2=NN(C(=O)COC(=O)CCc3nnc(-c4ccc(C)cc4)o3)C(c3ccco3)C2)cc1. The topological polar surface area (TPSA) is 111 Å². The van der Waals surface area contributed by atoms with E-state index in [-0.39, 0.29) is 12.8 Å². The second-order valence-electron chi connectivity index (χ2n) is 8.91. The smallest absolute Gasteiger partial charge is 0.306 e. The summed E-state index contributed by atoms with van der Waals surface area (Å²) in [4.78, 5) is 25.3. The Morgan fingerprint density at radius 2 is 1.68 bits per heavy atom. The van der Waals surface area contributed by atoms with E-state index in [1.807, 2.05) is 62.4 Å². The van der Waals surface area contributed by atoms with Crippen molar-refractivity contribution in [3.05, 3.63) is 95.3 Å². The number of aryl methyl sites for hydroxylation is 3. The van der Waals surface area contributed by atoms with E-state index in [9.17, 15) is 9.59 Å². The number of hydrazone groups is 1. The maximum Gasteiger partial charge on any atom is 0.306 e. The minimum atomic E-state index is -0.542. The van der Waals surface area contributed by atoms with Crippen molar-refractivity contribution in [1.29, 1.82) is 0 Å². The van der Waals surface area contributed by atoms with Crippen LogP contribution < -0.4 is 0 Å². The van der Waals surface area contributed by atoms with Gasteiger partial charge in [0.2, 0.25) is 11.8 Å². The fraction of sp³-hybridized carbons (Fsp3) is 0.250. The van der Waals surface area contributed by atoms with Crippen LogP contribution in [0.15, 0.2) is 80.9 Å². The Hall–Kier alpha value is -4.53. The van der Waals surface area contributed by atoms with Gasteiger partial charge in [-0.3, -0.25) is 9.59 Å². The quantitative estimate of drug-likeness (QED) is 0.321. The van der Waals surface area contributed by atoms with Crippen LogP contribution in [0.4, 0.5) is 0 Å². The summed E-state index contributed by atoms with van der Waals surface area (Å²) in [7, 11) is 0. The molecule has 4 aromatic rings. The average molecular weight is 499 g/mol. The zero-order chi connectivity index (χ0) is 25.8. The molecule has 3 heterocycles. The number of ether oxygens (including phenoxy) is 1. The van der Waals surface area contributed by atoms with Crippen molar-refractivity contribution in [2.75, 3.05) is 6.61 Å². The number of carbonyl (C=O) groups is 2. The number of furan rings is 1. The number of nitrogens with zero attached hydrogens (tertiary/aromatic N) is 4. The van der Waals surface area contributed by atoms with E-state index in [0.717, 1.165) is 28.0 Å². The molecular formula is C28H26N4O5. The molecule has 9 nitrogen and oxygen atoms in total. The summed E-state index contributed by atoms with van der Waals surface area (Å²) in [6.07, 6.45) is 2.27. The molecule has 1 aliphatic rings. The molecule has 5 rings (SSSR count). The zero-order valence-electron chi connectivity index (χ0n) is 20.6. The normalized spacial score (nSPS) is 15.0. The summed E-state index contributed by atoms with van der Waals surface area (Å²) in [6.45, 7) is 3.58. The van der Waals surface area contributed by atoms with Crippen LogP contribution >= 0.6 is 0 Å². The maximum atomic E-state index is 13.0. The first-order valence-corrected chi connectivity index (χ1v) is 12.0. The van der Waals surface area contributed by atoms with Crippen molar-refractivity contribution in [3.63, 3.8) is 0 Å². The average Bonchev–Trinajstić information content (AvgIpc) is 3.68. The molecule has 188 valence electrons. The lowest BCUT2D eigenvalue weighted by atomic mass is 10.0. The van der Waals surface area contributed by atoms with E-state index in [1.54, 1.807) is 18.4 Å². The summed E-state index contributed by atoms with van der Waals surface area (Å²) in [5.74, 6) is 0.352. The lowest BCUT2D eigenvalue weighted by Crippen LogP contribution is -2.31. The van der Waals surface area contributed by atoms with Crippen molar-refractivity contribution < 1.29 is 23.2 Å². The Bertz CT molecular complexity index is 1410. The highest BCUT2D eigenvalue weighted by molar-refractivity contribution is 6.03. The van der Waals surface area contributed by atoms with Gasteiger partial charge < -0.3 is 13.6 Å². The van der Waals surface area contributed by atoms with Gasteiger partial charge >= 0.3 is 5.97 Å². The fourth-order valence-corrected chi connectivity index (χ4v) is 4.02. The van der Waals surface area contributed by atoms with Gasteiger partial charge in [-0.1, -0.05) is 47.5 Å². The van der Waals surface area contributed by atoms with Crippen molar-refractivity contribution >= 4 is 17.6 Å². The van der Waals surface area contributed by atoms with E-state index in [4.69, 9.17) is 13.6 Å². The van der Waals surface area contributed by atoms with Crippen LogP contribution in [0.2, 0.25) is 0 Å². The van der Waals surface area contributed by atoms with Crippen LogP contribution in [0.25, 0.3) is 11.5 Å². The minimum Gasteiger partial charge on any atom is -0.467 e. The molecule has 0 aliphatic carbocycles. The molecule has 0 bridgehead atoms. The first-order valence-electron chi connectivity index (χ1n) is 12.0. The molecule has 0 saturated carbocycles. The number of carbonyl (C=O) groups excluding carboxylic acids is 2. The van der Waals surface area contributed by atoms with Gasteiger partial charge in [-0.15, -0.1) is 10.2 Å². The maximum absolute atomic E-state index is 13.0. The van der Waals surface area contributed by atoms with Crippen LogP contribution in [0.5, 0.6) is 0 Å². The molecule has 1 unspecified atom stereocenters. The van der Waals surface area contributed by atoms with Crippen molar-refractivity contribution in [3.8, 4) is 11.5 Å². The number of esters is 1. The van der Waals surface area contributed by atoms with E-state index < -0.39 is 24.5 Å². The molecule has 1 amide bonds. The van der Waals surface area contributed by atoms with Crippen LogP contribution in [0, 0.1) is 13.8 Å². The summed E-state index contributed by atoms with van der Waals surface area (Å²) in [6, 6.07) is 18.8. The Balaban J connectivity index is 1.18. The molecule has 0 radical (unpaired) electrons. The first kappa shape index (κ1) is 24.2. The highest BCUT2D eigenvalue weighted by Gasteiger charge is 2.35. The highest BCUT2D eigenvalue weighted by Crippen LogP contribution is 2.33. The summed E-state index contributed by atoms with van der Waals surface area (Å²) >= 11 is 0. The van der Waals surface area contributed by atoms with Gasteiger partial charge in [0, 0.05) is 18.4 Å². The molecule has 2 aromatic carbocycles. The Kier molecular flexibility index (Phi) is 6.93. The lowest BCUT2D eigenvalue weighted by Gasteiger charge is -2.19. The van der Waals surface area contributed by atoms with E-state index >= 15 is 0 Å². The number of rotatable bonds is 8. The Morgan fingerprint density at radius 1 is 0.973 bits per heavy atom. The van der Waals surface area contributed by atoms with Crippen LogP contribution in [0.3, 0.4) is 0 Å². The molecule has 0 fully saturated rings. The molecular weight excluding hydrogens is 472 g/mol. The highest BCUT2D eigenvalue weighted by atomic mass is 16.5. The Morgan fingerprint density at radius 3 is 2.35 bits per heavy atom. The number of benzene rings is 2. The predicted octanol–water partition coefficient (Wildman–Crippen LogP) is 4.80. The van der Waals surface area contributed by atoms with Gasteiger partial charge in [0.1, 0.15) is 11.8 Å². The van der Waals surface area contributed by atoms with Gasteiger partial charge in [-0.05, 0) is 43.7 Å². The summed E-state index contributed by atoms with van der Waals surface area (Å²) < 4.78 is 16.5. The summed E-state index contributed by atoms with van der Waals surface area (Å²) in [5.41, 5.74) is 4.76. The standard InChI is InChI=1S/C28H26N4O5/c1-18-5-9-20(10-6-18)22-16-23(24-4-3-15-35-24)32(31-22)26(33)17-36-27(34)14-13-25-29-30-28(37-25)21-11-7-19(2)8-12-21/h3-12,15,23H,13-14,16-17H2,1-2H3. The second kappa shape index (κ2) is 10.6. The van der Waals surface area contributed by atoms with Gasteiger partial charge in [0.05, 0.1) is 18.4 Å². The predicted molar refractivity (Wildman–Crippen MR) is 134 cm³/mol. The molecule has 0 saturated heterocycles. The number of hydrogen-bond acceptors (Lipinski definition) is 8. The van der Waals surface area contributed by atoms with Crippen LogP contribution in [-0.2, 0) is 20.7 Å². The number of amides is 1. The van der Waals surface area contributed by atoms with Gasteiger partial charge in [0.25, 0.3) is 5.91 Å². The molecule has 9 heteroatoms. The fourth-order valence-electron chi connectivity index (χ4n) is 4.02. The molecule has 1 aliphatic heterocycles. The van der Waals surface area contributed by atoms with Crippen molar-refractivity contribution in [2.45, 2.75) is 39.2 Å². The Labute approximate surface area is 213 Å². The second-order valence-corrected chi connectivity index (χ2v) is 8.91. The monoisotopic (exact) mass is 498 g/mol. The van der Waals surface area contributed by atoms with Crippen LogP contribution in [0.1, 0.15) is 47.2 Å². The van der Waals surface area contributed by atoms with Crippen LogP contribution in [-0.4, -0.2) is 39.4 Å². The van der Waals surface area contributed by atoms with E-state index in [0.29, 0.717) is 24.0 Å². The third-order valence-electron chi connectivity index (χ3n) is 6.09. The van der Waals surface area contributed by atoms with Gasteiger partial charge in [0.15, 0.2) is 6.61 Å². The van der Waals surface area contributed by atoms with Crippen molar-refractivity contribution in [2.24, 2.45) is 5.10 Å². The van der Waals surface area contributed by atoms with Gasteiger partial charge in [-0.2, -0.15) is 5.10 Å². The van der Waals surface area contributed by atoms with Gasteiger partial charge in [-0.25, -0.2) is 5.01 Å². The third kappa shape index (κ3) is 5.66. The molecule has 0 N–H and O–H groups in total. The molecule has 0 spiro atoms. The lowest BCUT2D eigenvalue weighted by molar-refractivity contribution is -0.153. The van der Waals surface area contributed by atoms with E-state index in [1.165, 1.54) is 5.01 Å². The molecule has 2 aromatic heterocycles. The summed E-state index contributed by atoms with van der Waals surface area (Å²) in [5, 5.41) is 13.9. The number of aromatic nitrogens is 2. The van der Waals surface area contributed by atoms with Crippen molar-refractivity contribution in [1.82, 2.24) is 15.2 Å². The zero-order valence-corrected chi connectivity index (χ0v) is 20.6. The number of hydrogen-bond donors (Lipinski definition) is 0.